The van der Waals surface area contributed by atoms with Gasteiger partial charge in [-0.3, -0.25) is 0 Å². The number of aromatic nitrogens is 2. The van der Waals surface area contributed by atoms with Gasteiger partial charge in [0.05, 0.1) is 17.9 Å². The summed E-state index contributed by atoms with van der Waals surface area (Å²) >= 11 is 0. The molecule has 1 aromatic carbocycles. The molecule has 2 aromatic rings. The van der Waals surface area contributed by atoms with Crippen LogP contribution in [-0.4, -0.2) is 9.97 Å². The van der Waals surface area contributed by atoms with Crippen LogP contribution in [0.3, 0.4) is 0 Å². The third kappa shape index (κ3) is 2.75. The van der Waals surface area contributed by atoms with E-state index in [1.165, 1.54) is 12.1 Å². The van der Waals surface area contributed by atoms with Crippen molar-refractivity contribution in [2.75, 3.05) is 5.32 Å². The minimum absolute atomic E-state index is 0.126. The summed E-state index contributed by atoms with van der Waals surface area (Å²) in [6.45, 7) is 2.09. The lowest BCUT2D eigenvalue weighted by molar-refractivity contribution is 0.511. The van der Waals surface area contributed by atoms with Crippen LogP contribution < -0.4 is 5.32 Å². The van der Waals surface area contributed by atoms with E-state index in [0.717, 1.165) is 11.8 Å². The summed E-state index contributed by atoms with van der Waals surface area (Å²) in [6.07, 6.45) is 1.63. The highest BCUT2D eigenvalue weighted by atomic mass is 19.2. The molecule has 0 aliphatic heterocycles. The Morgan fingerprint density at radius 3 is 2.82 bits per heavy atom. The molecule has 17 heavy (non-hydrogen) atoms. The average Bonchev–Trinajstić information content (AvgIpc) is 2.31. The fourth-order valence-corrected chi connectivity index (χ4v) is 1.43. The number of hydrogen-bond donors (Lipinski definition) is 1. The first kappa shape index (κ1) is 11.4. The fraction of sp³-hybridized carbons (Fsp3) is 0.167. The van der Waals surface area contributed by atoms with Crippen molar-refractivity contribution in [2.24, 2.45) is 0 Å². The molecule has 0 unspecified atom stereocenters. The second-order valence-electron chi connectivity index (χ2n) is 3.55. The van der Waals surface area contributed by atoms with E-state index >= 15 is 0 Å². The molecule has 0 saturated carbocycles. The van der Waals surface area contributed by atoms with Crippen molar-refractivity contribution in [3.05, 3.63) is 53.6 Å². The molecule has 0 aliphatic carbocycles. The Labute approximate surface area is 97.5 Å². The summed E-state index contributed by atoms with van der Waals surface area (Å²) in [5.41, 5.74) is 0.849. The van der Waals surface area contributed by atoms with Gasteiger partial charge in [0.1, 0.15) is 5.82 Å². The van der Waals surface area contributed by atoms with Crippen LogP contribution in [-0.2, 0) is 6.54 Å². The molecule has 0 bridgehead atoms. The van der Waals surface area contributed by atoms with Gasteiger partial charge in [-0.25, -0.2) is 18.7 Å². The van der Waals surface area contributed by atoms with Crippen molar-refractivity contribution in [3.8, 4) is 0 Å². The van der Waals surface area contributed by atoms with Crippen LogP contribution in [0.25, 0.3) is 0 Å². The number of hydrogen-bond acceptors (Lipinski definition) is 3. The van der Waals surface area contributed by atoms with Gasteiger partial charge in [-0.1, -0.05) is 6.07 Å². The van der Waals surface area contributed by atoms with Gasteiger partial charge in [-0.05, 0) is 25.1 Å². The van der Waals surface area contributed by atoms with E-state index in [9.17, 15) is 8.78 Å². The number of nitrogens with zero attached hydrogens (tertiary/aromatic N) is 2. The summed E-state index contributed by atoms with van der Waals surface area (Å²) < 4.78 is 26.2. The van der Waals surface area contributed by atoms with Crippen molar-refractivity contribution < 1.29 is 8.78 Å². The Bertz CT molecular complexity index is 529. The molecule has 0 saturated heterocycles. The topological polar surface area (TPSA) is 37.8 Å². The average molecular weight is 235 g/mol. The van der Waals surface area contributed by atoms with Crippen LogP contribution in [0, 0.1) is 18.6 Å². The van der Waals surface area contributed by atoms with Crippen LogP contribution in [0.15, 0.2) is 30.5 Å². The molecule has 0 spiro atoms. The Morgan fingerprint density at radius 1 is 1.24 bits per heavy atom. The van der Waals surface area contributed by atoms with E-state index in [0.29, 0.717) is 12.4 Å². The Balaban J connectivity index is 2.10. The molecule has 2 rings (SSSR count). The van der Waals surface area contributed by atoms with Crippen molar-refractivity contribution in [3.63, 3.8) is 0 Å². The van der Waals surface area contributed by atoms with Crippen molar-refractivity contribution in [1.82, 2.24) is 9.97 Å². The van der Waals surface area contributed by atoms with E-state index in [1.807, 2.05) is 0 Å². The lowest BCUT2D eigenvalue weighted by atomic mass is 10.3. The number of rotatable bonds is 3. The SMILES string of the molecule is Cc1nccc(CNc2cccc(F)c2F)n1. The molecule has 3 nitrogen and oxygen atoms in total. The monoisotopic (exact) mass is 235 g/mol. The van der Waals surface area contributed by atoms with Crippen molar-refractivity contribution in [1.29, 1.82) is 0 Å². The minimum atomic E-state index is -0.877. The predicted molar refractivity (Wildman–Crippen MR) is 60.5 cm³/mol. The third-order valence-corrected chi connectivity index (χ3v) is 2.25. The van der Waals surface area contributed by atoms with E-state index in [4.69, 9.17) is 0 Å². The minimum Gasteiger partial charge on any atom is -0.377 e. The maximum Gasteiger partial charge on any atom is 0.181 e. The standard InChI is InChI=1S/C12H11F2N3/c1-8-15-6-5-9(17-8)7-16-11-4-2-3-10(13)12(11)14/h2-6,16H,7H2,1H3. The van der Waals surface area contributed by atoms with E-state index < -0.39 is 11.6 Å². The Hall–Kier alpha value is -2.04. The maximum absolute atomic E-state index is 13.3. The van der Waals surface area contributed by atoms with Gasteiger partial charge >= 0.3 is 0 Å². The summed E-state index contributed by atoms with van der Waals surface area (Å²) in [5, 5.41) is 2.79. The molecule has 5 heteroatoms. The molecule has 0 aliphatic rings. The number of nitrogens with one attached hydrogen (secondary N) is 1. The van der Waals surface area contributed by atoms with Crippen LogP contribution >= 0.6 is 0 Å². The molecule has 0 fully saturated rings. The molecule has 1 aromatic heterocycles. The molecule has 0 amide bonds. The smallest absolute Gasteiger partial charge is 0.181 e. The molecule has 1 heterocycles. The zero-order chi connectivity index (χ0) is 12.3. The zero-order valence-electron chi connectivity index (χ0n) is 9.24. The Kier molecular flexibility index (Phi) is 3.27. The zero-order valence-corrected chi connectivity index (χ0v) is 9.24. The highest BCUT2D eigenvalue weighted by Gasteiger charge is 2.06. The normalized spacial score (nSPS) is 10.3. The van der Waals surface area contributed by atoms with Crippen molar-refractivity contribution >= 4 is 5.69 Å². The van der Waals surface area contributed by atoms with E-state index in [-0.39, 0.29) is 5.69 Å². The molecular formula is C12H11F2N3. The van der Waals surface area contributed by atoms with Gasteiger partial charge in [-0.2, -0.15) is 0 Å². The summed E-state index contributed by atoms with van der Waals surface area (Å²) in [4.78, 5) is 8.10. The first-order chi connectivity index (χ1) is 8.16. The van der Waals surface area contributed by atoms with Crippen LogP contribution in [0.2, 0.25) is 0 Å². The van der Waals surface area contributed by atoms with Gasteiger partial charge in [0.15, 0.2) is 11.6 Å². The predicted octanol–water partition coefficient (Wildman–Crippen LogP) is 2.68. The lowest BCUT2D eigenvalue weighted by Crippen LogP contribution is -2.05. The lowest BCUT2D eigenvalue weighted by Gasteiger charge is -2.07. The van der Waals surface area contributed by atoms with Crippen LogP contribution in [0.1, 0.15) is 11.5 Å². The largest absolute Gasteiger partial charge is 0.377 e. The van der Waals surface area contributed by atoms with Crippen molar-refractivity contribution in [2.45, 2.75) is 13.5 Å². The van der Waals surface area contributed by atoms with Gasteiger partial charge in [-0.15, -0.1) is 0 Å². The molecule has 1 N–H and O–H groups in total. The summed E-state index contributed by atoms with van der Waals surface area (Å²) in [5.74, 6) is -1.10. The van der Waals surface area contributed by atoms with Gasteiger partial charge in [0.25, 0.3) is 0 Å². The number of anilines is 1. The molecular weight excluding hydrogens is 224 g/mol. The fourth-order valence-electron chi connectivity index (χ4n) is 1.43. The molecule has 0 atom stereocenters. The third-order valence-electron chi connectivity index (χ3n) is 2.25. The van der Waals surface area contributed by atoms with Gasteiger partial charge < -0.3 is 5.32 Å². The maximum atomic E-state index is 13.3. The van der Waals surface area contributed by atoms with Crippen LogP contribution in [0.5, 0.6) is 0 Å². The van der Waals surface area contributed by atoms with E-state index in [2.05, 4.69) is 15.3 Å². The van der Waals surface area contributed by atoms with Gasteiger partial charge in [0, 0.05) is 6.20 Å². The summed E-state index contributed by atoms with van der Waals surface area (Å²) in [7, 11) is 0. The quantitative estimate of drug-likeness (QED) is 0.888. The second-order valence-corrected chi connectivity index (χ2v) is 3.55. The number of aryl methyl sites for hydroxylation is 1. The first-order valence-electron chi connectivity index (χ1n) is 5.13. The summed E-state index contributed by atoms with van der Waals surface area (Å²) in [6, 6.07) is 5.73. The molecule has 0 radical (unpaired) electrons. The molecule has 88 valence electrons. The van der Waals surface area contributed by atoms with Gasteiger partial charge in [0.2, 0.25) is 0 Å². The number of benzene rings is 1. The Morgan fingerprint density at radius 2 is 2.06 bits per heavy atom. The highest BCUT2D eigenvalue weighted by molar-refractivity contribution is 5.45. The van der Waals surface area contributed by atoms with E-state index in [1.54, 1.807) is 19.2 Å². The van der Waals surface area contributed by atoms with Crippen LogP contribution in [0.4, 0.5) is 14.5 Å². The highest BCUT2D eigenvalue weighted by Crippen LogP contribution is 2.16. The first-order valence-corrected chi connectivity index (χ1v) is 5.13. The second kappa shape index (κ2) is 4.86. The number of halogens is 2.